The van der Waals surface area contributed by atoms with Crippen LogP contribution < -0.4 is 5.32 Å². The van der Waals surface area contributed by atoms with E-state index in [9.17, 15) is 4.79 Å². The van der Waals surface area contributed by atoms with Gasteiger partial charge in [0.1, 0.15) is 6.04 Å². The number of hydrogen-bond acceptors (Lipinski definition) is 3. The summed E-state index contributed by atoms with van der Waals surface area (Å²) in [5.74, 6) is -0.312. The Bertz CT molecular complexity index is 175. The van der Waals surface area contributed by atoms with Gasteiger partial charge in [0.2, 0.25) is 0 Å². The molecule has 0 rings (SSSR count). The molecule has 3 nitrogen and oxygen atoms in total. The van der Waals surface area contributed by atoms with E-state index in [1.807, 2.05) is 0 Å². The molecule has 0 spiro atoms. The van der Waals surface area contributed by atoms with E-state index in [1.54, 1.807) is 13.0 Å². The van der Waals surface area contributed by atoms with Gasteiger partial charge in [-0.3, -0.25) is 0 Å². The third-order valence-electron chi connectivity index (χ3n) is 1.20. The van der Waals surface area contributed by atoms with Crippen LogP contribution in [0, 0.1) is 0 Å². The first-order valence-corrected chi connectivity index (χ1v) is 3.27. The minimum Gasteiger partial charge on any atom is -0.467 e. The molecule has 0 radical (unpaired) electrons. The van der Waals surface area contributed by atoms with E-state index in [-0.39, 0.29) is 12.0 Å². The molecular formula is C8H13NO2. The zero-order valence-corrected chi connectivity index (χ0v) is 6.89. The number of hydrogen-bond donors (Lipinski definition) is 1. The molecule has 0 saturated heterocycles. The lowest BCUT2D eigenvalue weighted by molar-refractivity contribution is -0.142. The molecule has 0 fully saturated rings. The smallest absolute Gasteiger partial charge is 0.327 e. The average molecular weight is 155 g/mol. The molecule has 0 aliphatic heterocycles. The molecule has 62 valence electrons. The number of carbonyl (C=O) groups excluding carboxylic acids is 1. The van der Waals surface area contributed by atoms with Crippen LogP contribution in [0.5, 0.6) is 0 Å². The summed E-state index contributed by atoms with van der Waals surface area (Å²) in [5, 5.41) is 2.79. The Labute approximate surface area is 66.7 Å². The lowest BCUT2D eigenvalue weighted by Crippen LogP contribution is -2.33. The highest BCUT2D eigenvalue weighted by molar-refractivity contribution is 5.75. The minimum atomic E-state index is -0.370. The first-order valence-electron chi connectivity index (χ1n) is 3.27. The van der Waals surface area contributed by atoms with Gasteiger partial charge in [0.25, 0.3) is 0 Å². The molecule has 1 N–H and O–H groups in total. The maximum absolute atomic E-state index is 10.8. The van der Waals surface area contributed by atoms with Gasteiger partial charge in [-0.2, -0.15) is 0 Å². The number of nitrogens with one attached hydrogen (secondary N) is 1. The first-order chi connectivity index (χ1) is 5.11. The monoisotopic (exact) mass is 155 g/mol. The van der Waals surface area contributed by atoms with Gasteiger partial charge in [0.05, 0.1) is 7.11 Å². The molecule has 0 saturated carbocycles. The summed E-state index contributed by atoms with van der Waals surface area (Å²) in [4.78, 5) is 10.8. The van der Waals surface area contributed by atoms with E-state index in [0.717, 1.165) is 0 Å². The van der Waals surface area contributed by atoms with Crippen molar-refractivity contribution < 1.29 is 9.53 Å². The second-order valence-electron chi connectivity index (χ2n) is 2.12. The van der Waals surface area contributed by atoms with Crippen molar-refractivity contribution in [2.24, 2.45) is 0 Å². The van der Waals surface area contributed by atoms with E-state index in [0.29, 0.717) is 5.70 Å². The fraction of sp³-hybridized carbons (Fsp3) is 0.375. The van der Waals surface area contributed by atoms with Crippen molar-refractivity contribution in [3.05, 3.63) is 24.9 Å². The summed E-state index contributed by atoms with van der Waals surface area (Å²) in [6, 6.07) is -0.370. The van der Waals surface area contributed by atoms with E-state index in [2.05, 4.69) is 23.2 Å². The molecule has 3 heteroatoms. The number of rotatable bonds is 4. The molecule has 1 atom stereocenters. The van der Waals surface area contributed by atoms with Crippen molar-refractivity contribution in [1.82, 2.24) is 5.32 Å². The van der Waals surface area contributed by atoms with Gasteiger partial charge in [-0.25, -0.2) is 4.79 Å². The molecule has 0 aromatic carbocycles. The van der Waals surface area contributed by atoms with E-state index in [1.165, 1.54) is 7.11 Å². The molecule has 0 aliphatic rings. The lowest BCUT2D eigenvalue weighted by Gasteiger charge is -2.11. The molecule has 1 unspecified atom stereocenters. The summed E-state index contributed by atoms with van der Waals surface area (Å²) < 4.78 is 4.48. The SMILES string of the molecule is C=CC(=C)NC(C)C(=O)OC. The van der Waals surface area contributed by atoms with Gasteiger partial charge in [-0.05, 0) is 13.0 Å². The zero-order valence-electron chi connectivity index (χ0n) is 6.89. The highest BCUT2D eigenvalue weighted by atomic mass is 16.5. The predicted molar refractivity (Wildman–Crippen MR) is 44.0 cm³/mol. The summed E-state index contributed by atoms with van der Waals surface area (Å²) in [6.07, 6.45) is 1.54. The van der Waals surface area contributed by atoms with Crippen LogP contribution in [-0.2, 0) is 9.53 Å². The van der Waals surface area contributed by atoms with Crippen LogP contribution in [-0.4, -0.2) is 19.1 Å². The van der Waals surface area contributed by atoms with Crippen LogP contribution >= 0.6 is 0 Å². The number of ether oxygens (including phenoxy) is 1. The number of esters is 1. The standard InChI is InChI=1S/C8H13NO2/c1-5-6(2)9-7(3)8(10)11-4/h5,7,9H,1-2H2,3-4H3. The Kier molecular flexibility index (Phi) is 4.03. The average Bonchev–Trinajstić information content (AvgIpc) is 2.02. The second-order valence-corrected chi connectivity index (χ2v) is 2.12. The molecule has 0 aromatic rings. The van der Waals surface area contributed by atoms with Crippen LogP contribution in [0.4, 0.5) is 0 Å². The maximum atomic E-state index is 10.8. The van der Waals surface area contributed by atoms with E-state index in [4.69, 9.17) is 0 Å². The fourth-order valence-corrected chi connectivity index (χ4v) is 0.573. The normalized spacial score (nSPS) is 11.5. The Hall–Kier alpha value is -1.25. The van der Waals surface area contributed by atoms with Crippen LogP contribution in [0.15, 0.2) is 24.9 Å². The summed E-state index contributed by atoms with van der Waals surface area (Å²) in [6.45, 7) is 8.77. The molecule has 0 amide bonds. The van der Waals surface area contributed by atoms with Gasteiger partial charge in [0.15, 0.2) is 0 Å². The molecule has 11 heavy (non-hydrogen) atoms. The Balaban J connectivity index is 3.86. The van der Waals surface area contributed by atoms with Gasteiger partial charge < -0.3 is 10.1 Å². The molecule has 0 aliphatic carbocycles. The molecule has 0 heterocycles. The van der Waals surface area contributed by atoms with E-state index < -0.39 is 0 Å². The lowest BCUT2D eigenvalue weighted by atomic mass is 10.3. The summed E-state index contributed by atoms with van der Waals surface area (Å²) in [7, 11) is 1.34. The van der Waals surface area contributed by atoms with Crippen molar-refractivity contribution in [1.29, 1.82) is 0 Å². The van der Waals surface area contributed by atoms with Crippen molar-refractivity contribution in [2.45, 2.75) is 13.0 Å². The van der Waals surface area contributed by atoms with Crippen molar-refractivity contribution in [3.63, 3.8) is 0 Å². The van der Waals surface area contributed by atoms with Crippen molar-refractivity contribution in [2.75, 3.05) is 7.11 Å². The topological polar surface area (TPSA) is 38.3 Å². The van der Waals surface area contributed by atoms with Crippen molar-refractivity contribution in [3.8, 4) is 0 Å². The Morgan fingerprint density at radius 3 is 2.64 bits per heavy atom. The molecule has 0 bridgehead atoms. The second kappa shape index (κ2) is 4.55. The Morgan fingerprint density at radius 1 is 1.73 bits per heavy atom. The predicted octanol–water partition coefficient (Wildman–Crippen LogP) is 0.837. The summed E-state index contributed by atoms with van der Waals surface area (Å²) >= 11 is 0. The number of allylic oxidation sites excluding steroid dienone is 1. The summed E-state index contributed by atoms with van der Waals surface area (Å²) in [5.41, 5.74) is 0.614. The van der Waals surface area contributed by atoms with E-state index >= 15 is 0 Å². The van der Waals surface area contributed by atoms with Crippen LogP contribution in [0.1, 0.15) is 6.92 Å². The minimum absolute atomic E-state index is 0.312. The number of carbonyl (C=O) groups is 1. The van der Waals surface area contributed by atoms with Gasteiger partial charge in [-0.15, -0.1) is 0 Å². The quantitative estimate of drug-likeness (QED) is 0.483. The highest BCUT2D eigenvalue weighted by Crippen LogP contribution is 1.91. The number of methoxy groups -OCH3 is 1. The maximum Gasteiger partial charge on any atom is 0.327 e. The zero-order chi connectivity index (χ0) is 8.85. The first kappa shape index (κ1) is 9.75. The van der Waals surface area contributed by atoms with Crippen LogP contribution in [0.3, 0.4) is 0 Å². The van der Waals surface area contributed by atoms with Gasteiger partial charge >= 0.3 is 5.97 Å². The third-order valence-corrected chi connectivity index (χ3v) is 1.20. The third kappa shape index (κ3) is 3.45. The van der Waals surface area contributed by atoms with Gasteiger partial charge in [0, 0.05) is 5.70 Å². The largest absolute Gasteiger partial charge is 0.467 e. The van der Waals surface area contributed by atoms with Crippen molar-refractivity contribution >= 4 is 5.97 Å². The Morgan fingerprint density at radius 2 is 2.27 bits per heavy atom. The van der Waals surface area contributed by atoms with Crippen LogP contribution in [0.2, 0.25) is 0 Å². The van der Waals surface area contributed by atoms with Crippen LogP contribution in [0.25, 0.3) is 0 Å². The van der Waals surface area contributed by atoms with Gasteiger partial charge in [-0.1, -0.05) is 13.2 Å². The molecular weight excluding hydrogens is 142 g/mol. The highest BCUT2D eigenvalue weighted by Gasteiger charge is 2.10. The molecule has 0 aromatic heterocycles. The fourth-order valence-electron chi connectivity index (χ4n) is 0.573.